The van der Waals surface area contributed by atoms with Gasteiger partial charge in [-0.05, 0) is 19.3 Å². The van der Waals surface area contributed by atoms with Gasteiger partial charge in [0, 0.05) is 13.6 Å². The SMILES string of the molecule is CCC1(C(=O)O)CCCN1S(=O)(=O)c1c(Cl)cnn1C. The molecule has 7 nitrogen and oxygen atoms in total. The smallest absolute Gasteiger partial charge is 0.325 e. The van der Waals surface area contributed by atoms with Crippen LogP contribution in [0.4, 0.5) is 0 Å². The first kappa shape index (κ1) is 15.3. The number of aliphatic carboxylic acids is 1. The highest BCUT2D eigenvalue weighted by molar-refractivity contribution is 7.89. The number of hydrogen-bond acceptors (Lipinski definition) is 4. The van der Waals surface area contributed by atoms with Gasteiger partial charge in [0.15, 0.2) is 5.03 Å². The van der Waals surface area contributed by atoms with E-state index in [0.29, 0.717) is 12.8 Å². The second-order valence-corrected chi connectivity index (χ2v) is 6.98. The summed E-state index contributed by atoms with van der Waals surface area (Å²) < 4.78 is 27.7. The minimum atomic E-state index is -4.00. The zero-order valence-electron chi connectivity index (χ0n) is 11.2. The third-order valence-corrected chi connectivity index (χ3v) is 6.26. The van der Waals surface area contributed by atoms with Gasteiger partial charge in [-0.1, -0.05) is 18.5 Å². The number of rotatable bonds is 4. The summed E-state index contributed by atoms with van der Waals surface area (Å²) in [6, 6.07) is 0. The van der Waals surface area contributed by atoms with Crippen molar-refractivity contribution in [1.82, 2.24) is 14.1 Å². The summed E-state index contributed by atoms with van der Waals surface area (Å²) >= 11 is 5.89. The third kappa shape index (κ3) is 2.02. The van der Waals surface area contributed by atoms with Gasteiger partial charge in [0.1, 0.15) is 5.54 Å². The van der Waals surface area contributed by atoms with Gasteiger partial charge in [-0.2, -0.15) is 9.40 Å². The molecule has 1 unspecified atom stereocenters. The lowest BCUT2D eigenvalue weighted by Crippen LogP contribution is -2.52. The van der Waals surface area contributed by atoms with Crippen molar-refractivity contribution in [3.63, 3.8) is 0 Å². The lowest BCUT2D eigenvalue weighted by atomic mass is 9.95. The Balaban J connectivity index is 2.57. The highest BCUT2D eigenvalue weighted by Gasteiger charge is 2.53. The molecule has 1 aromatic rings. The van der Waals surface area contributed by atoms with Crippen molar-refractivity contribution in [1.29, 1.82) is 0 Å². The number of aromatic nitrogens is 2. The normalized spacial score (nSPS) is 24.1. The average molecular weight is 322 g/mol. The van der Waals surface area contributed by atoms with E-state index in [1.54, 1.807) is 6.92 Å². The first-order chi connectivity index (χ1) is 9.27. The second kappa shape index (κ2) is 5.01. The number of sulfonamides is 1. The molecule has 20 heavy (non-hydrogen) atoms. The summed E-state index contributed by atoms with van der Waals surface area (Å²) in [5, 5.41) is 13.1. The van der Waals surface area contributed by atoms with Gasteiger partial charge in [0.25, 0.3) is 10.0 Å². The van der Waals surface area contributed by atoms with Gasteiger partial charge >= 0.3 is 5.97 Å². The standard InChI is InChI=1S/C11H16ClN3O4S/c1-3-11(10(16)17)5-4-6-15(11)20(18,19)9-8(12)7-13-14(9)2/h7H,3-6H2,1-2H3,(H,16,17). The lowest BCUT2D eigenvalue weighted by molar-refractivity contribution is -0.147. The number of carboxylic acid groups (broad SMARTS) is 1. The molecule has 1 N–H and O–H groups in total. The summed E-state index contributed by atoms with van der Waals surface area (Å²) in [5.41, 5.74) is -1.40. The Kier molecular flexibility index (Phi) is 3.83. The molecule has 1 saturated heterocycles. The quantitative estimate of drug-likeness (QED) is 0.896. The van der Waals surface area contributed by atoms with Crippen LogP contribution in [-0.2, 0) is 21.9 Å². The minimum absolute atomic E-state index is 0.00482. The van der Waals surface area contributed by atoms with Crippen molar-refractivity contribution in [2.45, 2.75) is 36.8 Å². The van der Waals surface area contributed by atoms with Crippen molar-refractivity contribution in [3.05, 3.63) is 11.2 Å². The van der Waals surface area contributed by atoms with E-state index in [1.165, 1.54) is 13.2 Å². The molecule has 0 aromatic carbocycles. The van der Waals surface area contributed by atoms with Crippen molar-refractivity contribution in [2.75, 3.05) is 6.54 Å². The summed E-state index contributed by atoms with van der Waals surface area (Å²) in [6.07, 6.45) is 2.25. The number of aryl methyl sites for hydroxylation is 1. The van der Waals surface area contributed by atoms with Gasteiger partial charge < -0.3 is 5.11 Å². The Bertz CT molecular complexity index is 623. The maximum absolute atomic E-state index is 12.7. The van der Waals surface area contributed by atoms with Crippen LogP contribution in [0.5, 0.6) is 0 Å². The molecule has 0 saturated carbocycles. The zero-order valence-corrected chi connectivity index (χ0v) is 12.8. The van der Waals surface area contributed by atoms with Crippen LogP contribution >= 0.6 is 11.6 Å². The Morgan fingerprint density at radius 2 is 2.25 bits per heavy atom. The number of carboxylic acids is 1. The van der Waals surface area contributed by atoms with Crippen LogP contribution in [-0.4, -0.2) is 45.7 Å². The predicted molar refractivity (Wildman–Crippen MR) is 72.0 cm³/mol. The molecule has 0 amide bonds. The number of halogens is 1. The van der Waals surface area contributed by atoms with Gasteiger partial charge in [0.05, 0.1) is 11.2 Å². The van der Waals surface area contributed by atoms with E-state index >= 15 is 0 Å². The molecule has 0 aliphatic carbocycles. The van der Waals surface area contributed by atoms with Crippen molar-refractivity contribution in [3.8, 4) is 0 Å². The average Bonchev–Trinajstić information content (AvgIpc) is 2.94. The molecule has 1 aliphatic rings. The third-order valence-electron chi connectivity index (χ3n) is 3.79. The topological polar surface area (TPSA) is 92.5 Å². The van der Waals surface area contributed by atoms with E-state index in [9.17, 15) is 18.3 Å². The van der Waals surface area contributed by atoms with Crippen LogP contribution in [0.1, 0.15) is 26.2 Å². The molecule has 0 spiro atoms. The molecule has 1 fully saturated rings. The fraction of sp³-hybridized carbons (Fsp3) is 0.636. The van der Waals surface area contributed by atoms with E-state index in [-0.39, 0.29) is 23.0 Å². The van der Waals surface area contributed by atoms with Crippen molar-refractivity contribution < 1.29 is 18.3 Å². The Hall–Kier alpha value is -1.12. The fourth-order valence-corrected chi connectivity index (χ4v) is 5.19. The first-order valence-corrected chi connectivity index (χ1v) is 8.03. The molecule has 112 valence electrons. The van der Waals surface area contributed by atoms with Crippen molar-refractivity contribution >= 4 is 27.6 Å². The number of hydrogen-bond donors (Lipinski definition) is 1. The summed E-state index contributed by atoms with van der Waals surface area (Å²) in [7, 11) is -2.54. The zero-order chi connectivity index (χ0) is 15.1. The highest BCUT2D eigenvalue weighted by atomic mass is 35.5. The molecular formula is C11H16ClN3O4S. The number of carbonyl (C=O) groups is 1. The van der Waals surface area contributed by atoms with E-state index in [4.69, 9.17) is 11.6 Å². The lowest BCUT2D eigenvalue weighted by Gasteiger charge is -2.32. The second-order valence-electron chi connectivity index (χ2n) is 4.79. The van der Waals surface area contributed by atoms with Crippen LogP contribution in [0.3, 0.4) is 0 Å². The molecule has 2 rings (SSSR count). The molecule has 1 atom stereocenters. The number of nitrogens with zero attached hydrogens (tertiary/aromatic N) is 3. The van der Waals surface area contributed by atoms with Crippen LogP contribution in [0.15, 0.2) is 11.2 Å². The molecule has 0 bridgehead atoms. The van der Waals surface area contributed by atoms with E-state index < -0.39 is 21.5 Å². The fourth-order valence-electron chi connectivity index (χ4n) is 2.72. The van der Waals surface area contributed by atoms with Gasteiger partial charge in [0.2, 0.25) is 0 Å². The van der Waals surface area contributed by atoms with Crippen molar-refractivity contribution in [2.24, 2.45) is 7.05 Å². The monoisotopic (exact) mass is 321 g/mol. The summed E-state index contributed by atoms with van der Waals surface area (Å²) in [4.78, 5) is 11.6. The maximum Gasteiger partial charge on any atom is 0.325 e. The van der Waals surface area contributed by atoms with Gasteiger partial charge in [-0.15, -0.1) is 0 Å². The molecule has 1 aliphatic heterocycles. The summed E-state index contributed by atoms with van der Waals surface area (Å²) in [6.45, 7) is 1.84. The molecule has 0 radical (unpaired) electrons. The van der Waals surface area contributed by atoms with E-state index in [1.807, 2.05) is 0 Å². The van der Waals surface area contributed by atoms with E-state index in [2.05, 4.69) is 5.10 Å². The largest absolute Gasteiger partial charge is 0.480 e. The Labute approximate surface area is 122 Å². The Morgan fingerprint density at radius 1 is 1.60 bits per heavy atom. The van der Waals surface area contributed by atoms with Crippen LogP contribution in [0.25, 0.3) is 0 Å². The van der Waals surface area contributed by atoms with Crippen LogP contribution in [0.2, 0.25) is 5.02 Å². The summed E-state index contributed by atoms with van der Waals surface area (Å²) in [5.74, 6) is -1.13. The maximum atomic E-state index is 12.7. The first-order valence-electron chi connectivity index (χ1n) is 6.21. The van der Waals surface area contributed by atoms with Crippen LogP contribution < -0.4 is 0 Å². The highest BCUT2D eigenvalue weighted by Crippen LogP contribution is 2.38. The van der Waals surface area contributed by atoms with Gasteiger partial charge in [-0.25, -0.2) is 8.42 Å². The molecule has 1 aromatic heterocycles. The predicted octanol–water partition coefficient (Wildman–Crippen LogP) is 1.09. The van der Waals surface area contributed by atoms with E-state index in [0.717, 1.165) is 8.99 Å². The van der Waals surface area contributed by atoms with Crippen LogP contribution in [0, 0.1) is 0 Å². The molecule has 2 heterocycles. The molecular weight excluding hydrogens is 306 g/mol. The minimum Gasteiger partial charge on any atom is -0.480 e. The Morgan fingerprint density at radius 3 is 2.70 bits per heavy atom. The molecule has 9 heteroatoms. The van der Waals surface area contributed by atoms with Gasteiger partial charge in [-0.3, -0.25) is 9.48 Å².